The van der Waals surface area contributed by atoms with Gasteiger partial charge in [-0.3, -0.25) is 18.1 Å². The normalized spacial score (nSPS) is 13.2. The van der Waals surface area contributed by atoms with Crippen molar-refractivity contribution in [3.05, 3.63) is 87.7 Å². The molecule has 0 saturated carbocycles. The summed E-state index contributed by atoms with van der Waals surface area (Å²) in [4.78, 5) is 15.8. The number of allylic oxidation sites excluding steroid dienone is 1. The smallest absolute Gasteiger partial charge is 0.338 e. The fourth-order valence-corrected chi connectivity index (χ4v) is 7.94. The van der Waals surface area contributed by atoms with Gasteiger partial charge < -0.3 is 19.7 Å². The van der Waals surface area contributed by atoms with Crippen molar-refractivity contribution >= 4 is 82.2 Å². The lowest BCUT2D eigenvalue weighted by Crippen LogP contribution is -2.08. The monoisotopic (exact) mass is 965 g/mol. The van der Waals surface area contributed by atoms with E-state index in [0.717, 1.165) is 18.6 Å². The number of azo groups is 3. The number of carboxylic acid groups (broad SMARTS) is 1. The molecule has 0 radical (unpaired) electrons. The minimum Gasteiger partial charge on any atom is -0.493 e. The number of aromatic nitrogens is 2. The Balaban J connectivity index is 1.39. The molecule has 66 heavy (non-hydrogen) atoms. The molecule has 0 fully saturated rings. The number of imidazole rings is 1. The Labute approximate surface area is 376 Å². The van der Waals surface area contributed by atoms with Gasteiger partial charge in [-0.25, -0.2) is 9.78 Å². The van der Waals surface area contributed by atoms with Gasteiger partial charge in [0.2, 0.25) is 5.88 Å². The quantitative estimate of drug-likeness (QED) is 0.0313. The zero-order valence-corrected chi connectivity index (χ0v) is 37.5. The van der Waals surface area contributed by atoms with Crippen LogP contribution in [0.2, 0.25) is 0 Å². The van der Waals surface area contributed by atoms with Gasteiger partial charge in [0.05, 0.1) is 57.9 Å². The predicted octanol–water partition coefficient (Wildman–Crippen LogP) is 8.30. The first-order valence-corrected chi connectivity index (χ1v) is 24.1. The van der Waals surface area contributed by atoms with Crippen LogP contribution in [0.1, 0.15) is 63.3 Å². The summed E-state index contributed by atoms with van der Waals surface area (Å²) in [6.45, 7) is 4.36. The number of benzene rings is 3. The summed E-state index contributed by atoms with van der Waals surface area (Å²) in [5.74, 6) is -3.12. The van der Waals surface area contributed by atoms with Crippen molar-refractivity contribution in [1.29, 1.82) is 5.26 Å². The minimum atomic E-state index is -4.74. The molecule has 26 heteroatoms. The van der Waals surface area contributed by atoms with Gasteiger partial charge in [0, 0.05) is 17.7 Å². The Bertz CT molecular complexity index is 3290. The summed E-state index contributed by atoms with van der Waals surface area (Å²) in [5.41, 5.74) is 2.45. The number of hydrogen-bond donors (Lipinski definition) is 5. The number of carboxylic acids is 1. The van der Waals surface area contributed by atoms with E-state index in [1.807, 2.05) is 6.08 Å². The Hall–Kier alpha value is -7.02. The van der Waals surface area contributed by atoms with E-state index >= 15 is 0 Å². The predicted molar refractivity (Wildman–Crippen MR) is 235 cm³/mol. The minimum absolute atomic E-state index is 0.0166. The molecule has 0 unspecified atom stereocenters. The van der Waals surface area contributed by atoms with Crippen molar-refractivity contribution < 1.29 is 63.4 Å². The summed E-state index contributed by atoms with van der Waals surface area (Å²) in [5, 5.41) is 56.7. The molecule has 0 spiro atoms. The highest BCUT2D eigenvalue weighted by atomic mass is 32.2. The van der Waals surface area contributed by atoms with Gasteiger partial charge in [0.1, 0.15) is 40.2 Å². The van der Waals surface area contributed by atoms with Crippen LogP contribution in [-0.4, -0.2) is 89.2 Å². The van der Waals surface area contributed by atoms with E-state index in [0.29, 0.717) is 40.6 Å². The van der Waals surface area contributed by atoms with Crippen molar-refractivity contribution in [3.8, 4) is 23.4 Å². The zero-order chi connectivity index (χ0) is 48.1. The first-order chi connectivity index (χ1) is 31.0. The molecule has 0 saturated heterocycles. The third kappa shape index (κ3) is 11.6. The molecule has 0 atom stereocenters. The van der Waals surface area contributed by atoms with Gasteiger partial charge in [-0.05, 0) is 94.0 Å². The SMILES string of the molecule is Cc1cc(/N=N\c2c(C)c(C#N)c3nc4c(n3c2O)C=CCC4)c(OCCCS(=O)(=O)O)cc1/N=N\c1cc(C)c(/N=N\c2ccc(S(=O)(=O)O)cc2C(=O)O)cc1OCCCS(=O)(=O)O. The van der Waals surface area contributed by atoms with Gasteiger partial charge >= 0.3 is 5.97 Å². The molecule has 23 nitrogen and oxygen atoms in total. The van der Waals surface area contributed by atoms with Crippen LogP contribution in [0.15, 0.2) is 84.1 Å². The number of aryl methyl sites for hydroxylation is 3. The lowest BCUT2D eigenvalue weighted by atomic mass is 10.1. The second kappa shape index (κ2) is 19.6. The van der Waals surface area contributed by atoms with E-state index < -0.39 is 58.3 Å². The number of aromatic carboxylic acids is 1. The molecule has 6 rings (SSSR count). The summed E-state index contributed by atoms with van der Waals surface area (Å²) in [7, 11) is -13.4. The highest BCUT2D eigenvalue weighted by Gasteiger charge is 2.24. The third-order valence-electron chi connectivity index (χ3n) is 9.75. The van der Waals surface area contributed by atoms with E-state index in [2.05, 4.69) is 41.7 Å². The first-order valence-electron chi connectivity index (χ1n) is 19.4. The number of pyridine rings is 1. The van der Waals surface area contributed by atoms with E-state index in [4.69, 9.17) is 9.47 Å². The molecule has 0 amide bonds. The largest absolute Gasteiger partial charge is 0.493 e. The molecular weight excluding hydrogens is 927 g/mol. The van der Waals surface area contributed by atoms with E-state index in [9.17, 15) is 59.2 Å². The maximum absolute atomic E-state index is 11.9. The number of ether oxygens (including phenoxy) is 2. The van der Waals surface area contributed by atoms with E-state index in [-0.39, 0.29) is 88.8 Å². The second-order valence-electron chi connectivity index (χ2n) is 14.6. The van der Waals surface area contributed by atoms with Crippen molar-refractivity contribution in [1.82, 2.24) is 9.38 Å². The molecule has 1 aliphatic carbocycles. The fraction of sp³-hybridized carbons (Fsp3) is 0.275. The number of aromatic hydroxyl groups is 1. The number of rotatable bonds is 18. The number of nitrogens with zero attached hydrogens (tertiary/aromatic N) is 9. The van der Waals surface area contributed by atoms with E-state index in [1.54, 1.807) is 26.8 Å². The number of nitriles is 1. The highest BCUT2D eigenvalue weighted by Crippen LogP contribution is 2.42. The number of fused-ring (bicyclic) bond motifs is 3. The Morgan fingerprint density at radius 1 is 0.773 bits per heavy atom. The van der Waals surface area contributed by atoms with Crippen LogP contribution < -0.4 is 9.47 Å². The average Bonchev–Trinajstić information content (AvgIpc) is 3.62. The van der Waals surface area contributed by atoms with Crippen LogP contribution in [0.5, 0.6) is 17.4 Å². The summed E-state index contributed by atoms with van der Waals surface area (Å²) >= 11 is 0. The molecule has 0 bridgehead atoms. The topological polar surface area (TPSA) is 354 Å². The Morgan fingerprint density at radius 3 is 1.82 bits per heavy atom. The number of hydrogen-bond acceptors (Lipinski definition) is 18. The molecular formula is C40H39N9O14S3. The third-order valence-corrected chi connectivity index (χ3v) is 12.2. The molecule has 0 aliphatic heterocycles. The average molecular weight is 966 g/mol. The highest BCUT2D eigenvalue weighted by molar-refractivity contribution is 7.86. The molecule has 346 valence electrons. The van der Waals surface area contributed by atoms with Crippen molar-refractivity contribution in [2.24, 2.45) is 30.7 Å². The van der Waals surface area contributed by atoms with Crippen LogP contribution in [0, 0.1) is 32.1 Å². The van der Waals surface area contributed by atoms with Crippen molar-refractivity contribution in [2.45, 2.75) is 51.3 Å². The first kappa shape index (κ1) is 48.4. The lowest BCUT2D eigenvalue weighted by molar-refractivity contribution is 0.0697. The van der Waals surface area contributed by atoms with Crippen molar-refractivity contribution in [2.75, 3.05) is 24.7 Å². The molecule has 5 aromatic rings. The zero-order valence-electron chi connectivity index (χ0n) is 35.0. The van der Waals surface area contributed by atoms with Crippen LogP contribution in [0.3, 0.4) is 0 Å². The second-order valence-corrected chi connectivity index (χ2v) is 19.1. The Morgan fingerprint density at radius 2 is 1.30 bits per heavy atom. The Kier molecular flexibility index (Phi) is 14.4. The van der Waals surface area contributed by atoms with Crippen LogP contribution >= 0.6 is 0 Å². The van der Waals surface area contributed by atoms with Crippen LogP contribution in [0.4, 0.5) is 34.1 Å². The number of carbonyl (C=O) groups is 1. The molecule has 3 aromatic carbocycles. The summed E-state index contributed by atoms with van der Waals surface area (Å²) in [6, 6.07) is 10.6. The van der Waals surface area contributed by atoms with Gasteiger partial charge in [-0.1, -0.05) is 6.08 Å². The summed E-state index contributed by atoms with van der Waals surface area (Å²) < 4.78 is 110. The van der Waals surface area contributed by atoms with Gasteiger partial charge in [0.25, 0.3) is 30.4 Å². The maximum Gasteiger partial charge on any atom is 0.338 e. The van der Waals surface area contributed by atoms with Gasteiger partial charge in [-0.15, -0.1) is 20.5 Å². The summed E-state index contributed by atoms with van der Waals surface area (Å²) in [6.07, 6.45) is 4.78. The van der Waals surface area contributed by atoms with Gasteiger partial charge in [-0.2, -0.15) is 40.7 Å². The molecule has 2 aromatic heterocycles. The molecule has 1 aliphatic rings. The van der Waals surface area contributed by atoms with Crippen molar-refractivity contribution in [3.63, 3.8) is 0 Å². The molecule has 5 N–H and O–H groups in total. The van der Waals surface area contributed by atoms with E-state index in [1.165, 1.54) is 28.7 Å². The van der Waals surface area contributed by atoms with Gasteiger partial charge in [0.15, 0.2) is 11.3 Å². The maximum atomic E-state index is 11.9. The molecule has 2 heterocycles. The van der Waals surface area contributed by atoms with Crippen LogP contribution in [-0.2, 0) is 36.8 Å². The lowest BCUT2D eigenvalue weighted by Gasteiger charge is -2.13. The fourth-order valence-electron chi connectivity index (χ4n) is 6.47. The standard InChI is InChI=1S/C40H39N9O14S3/c1-22-16-32(35(62-12-6-14-64(53,54)55)19-30(22)44-43-28-11-10-25(66(59,60)61)18-26(28)40(51)52)46-45-31-20-36(63-13-7-15-65(56,57)58)33(17-23(31)2)47-48-37-24(3)27(21-41)38-42-29-8-4-5-9-34(29)49(38)39(37)50/h5,9-11,16-20,50H,4,6-8,12-15H2,1-3H3,(H,51,52)(H,53,54,55)(H,56,57,58)(H,59,60,61)/b44-43-,46-45-,48-47-. The van der Waals surface area contributed by atoms with Crippen LogP contribution in [0.25, 0.3) is 11.7 Å².